The Kier molecular flexibility index (Phi) is 4.21. The lowest BCUT2D eigenvalue weighted by Gasteiger charge is -2.12. The first-order valence-corrected chi connectivity index (χ1v) is 10.7. The van der Waals surface area contributed by atoms with Crippen LogP contribution in [0.5, 0.6) is 0 Å². The van der Waals surface area contributed by atoms with E-state index in [2.05, 4.69) is 25.3 Å². The van der Waals surface area contributed by atoms with Crippen molar-refractivity contribution in [2.24, 2.45) is 0 Å². The Hall–Kier alpha value is -2.65. The second-order valence-corrected chi connectivity index (χ2v) is 9.22. The van der Waals surface area contributed by atoms with Gasteiger partial charge in [-0.3, -0.25) is 4.79 Å². The lowest BCUT2D eigenvalue weighted by Crippen LogP contribution is -2.22. The topological polar surface area (TPSA) is 104 Å². The Labute approximate surface area is 168 Å². The molecule has 3 heterocycles. The summed E-state index contributed by atoms with van der Waals surface area (Å²) in [6.45, 7) is 1.87. The van der Waals surface area contributed by atoms with Gasteiger partial charge in [0.2, 0.25) is 5.91 Å². The Balaban J connectivity index is 1.37. The van der Waals surface area contributed by atoms with Crippen molar-refractivity contribution in [2.45, 2.75) is 36.5 Å². The Bertz CT molecular complexity index is 1270. The van der Waals surface area contributed by atoms with Crippen LogP contribution in [0.25, 0.3) is 21.3 Å². The molecule has 0 unspecified atom stereocenters. The number of imidazole rings is 1. The van der Waals surface area contributed by atoms with E-state index in [1.807, 2.05) is 6.92 Å². The molecular weight excluding hydrogens is 394 g/mol. The zero-order valence-corrected chi connectivity index (χ0v) is 16.7. The highest BCUT2D eigenvalue weighted by Gasteiger charge is 2.24. The van der Waals surface area contributed by atoms with Gasteiger partial charge in [-0.2, -0.15) is 0 Å². The zero-order chi connectivity index (χ0) is 19.3. The summed E-state index contributed by atoms with van der Waals surface area (Å²) < 4.78 is 0. The molecule has 1 atom stereocenters. The first-order valence-electron chi connectivity index (χ1n) is 9.03. The van der Waals surface area contributed by atoms with Crippen LogP contribution in [0, 0.1) is 0 Å². The average molecular weight is 412 g/mol. The van der Waals surface area contributed by atoms with Crippen molar-refractivity contribution in [2.75, 3.05) is 5.32 Å². The molecule has 3 aromatic heterocycles. The van der Waals surface area contributed by atoms with Gasteiger partial charge >= 0.3 is 5.69 Å². The van der Waals surface area contributed by atoms with Gasteiger partial charge in [0.15, 0.2) is 0 Å². The predicted molar refractivity (Wildman–Crippen MR) is 112 cm³/mol. The molecule has 0 fully saturated rings. The van der Waals surface area contributed by atoms with Gasteiger partial charge in [0.1, 0.15) is 16.2 Å². The fourth-order valence-electron chi connectivity index (χ4n) is 3.56. The van der Waals surface area contributed by atoms with Crippen LogP contribution in [0.4, 0.5) is 5.69 Å². The minimum Gasteiger partial charge on any atom is -0.325 e. The second-order valence-electron chi connectivity index (χ2n) is 6.81. The van der Waals surface area contributed by atoms with Gasteiger partial charge in [-0.15, -0.1) is 11.3 Å². The summed E-state index contributed by atoms with van der Waals surface area (Å²) in [5.74, 6) is -0.110. The number of nitrogens with zero attached hydrogens (tertiary/aromatic N) is 2. The van der Waals surface area contributed by atoms with Crippen LogP contribution >= 0.6 is 23.1 Å². The maximum Gasteiger partial charge on any atom is 0.323 e. The minimum atomic E-state index is -0.323. The van der Waals surface area contributed by atoms with E-state index in [4.69, 9.17) is 0 Å². The smallest absolute Gasteiger partial charge is 0.323 e. The van der Waals surface area contributed by atoms with Crippen LogP contribution in [-0.4, -0.2) is 31.1 Å². The standard InChI is InChI=1S/C19H17N5O2S2/c1-9(16(25)22-10-5-6-12-13(7-10)24-19(26)23-12)27-17-15-11-3-2-4-14(11)28-18(15)21-8-20-17/h5-9H,2-4H2,1H3,(H,22,25)(H2,23,24,26)/t9-/m0/s1. The number of aromatic nitrogens is 4. The first-order chi connectivity index (χ1) is 13.6. The van der Waals surface area contributed by atoms with Gasteiger partial charge in [0.05, 0.1) is 16.3 Å². The summed E-state index contributed by atoms with van der Waals surface area (Å²) >= 11 is 3.20. The number of carbonyl (C=O) groups is 1. The Morgan fingerprint density at radius 1 is 1.25 bits per heavy atom. The summed E-state index contributed by atoms with van der Waals surface area (Å²) in [4.78, 5) is 40.8. The molecule has 9 heteroatoms. The molecule has 1 aliphatic carbocycles. The maximum atomic E-state index is 12.7. The van der Waals surface area contributed by atoms with E-state index in [1.54, 1.807) is 35.9 Å². The SMILES string of the molecule is C[C@H](Sc1ncnc2sc3c(c12)CCC3)C(=O)Nc1ccc2[nH]c(=O)[nH]c2c1. The highest BCUT2D eigenvalue weighted by Crippen LogP contribution is 2.40. The number of amides is 1. The number of H-pyrrole nitrogens is 2. The van der Waals surface area contributed by atoms with Crippen LogP contribution in [-0.2, 0) is 17.6 Å². The molecule has 4 aromatic rings. The molecule has 142 valence electrons. The third-order valence-corrected chi connectivity index (χ3v) is 7.21. The predicted octanol–water partition coefficient (Wildman–Crippen LogP) is 3.47. The molecule has 1 amide bonds. The number of rotatable bonds is 4. The van der Waals surface area contributed by atoms with Gasteiger partial charge in [0.25, 0.3) is 0 Å². The zero-order valence-electron chi connectivity index (χ0n) is 15.0. The summed E-state index contributed by atoms with van der Waals surface area (Å²) in [7, 11) is 0. The van der Waals surface area contributed by atoms with E-state index in [0.717, 1.165) is 28.1 Å². The number of thioether (sulfide) groups is 1. The van der Waals surface area contributed by atoms with Crippen molar-refractivity contribution in [1.29, 1.82) is 0 Å². The second kappa shape index (κ2) is 6.75. The van der Waals surface area contributed by atoms with Gasteiger partial charge in [-0.25, -0.2) is 14.8 Å². The number of thiophene rings is 1. The van der Waals surface area contributed by atoms with Gasteiger partial charge < -0.3 is 15.3 Å². The Morgan fingerprint density at radius 2 is 2.11 bits per heavy atom. The van der Waals surface area contributed by atoms with Gasteiger partial charge in [-0.1, -0.05) is 11.8 Å². The van der Waals surface area contributed by atoms with Crippen LogP contribution < -0.4 is 11.0 Å². The van der Waals surface area contributed by atoms with E-state index >= 15 is 0 Å². The molecule has 0 aliphatic heterocycles. The van der Waals surface area contributed by atoms with E-state index in [0.29, 0.717) is 16.7 Å². The molecule has 0 spiro atoms. The van der Waals surface area contributed by atoms with Crippen LogP contribution in [0.15, 0.2) is 34.3 Å². The van der Waals surface area contributed by atoms with Crippen molar-refractivity contribution in [3.05, 3.63) is 45.5 Å². The number of aromatic amines is 2. The summed E-state index contributed by atoms with van der Waals surface area (Å²) in [6, 6.07) is 5.29. The number of carbonyl (C=O) groups excluding carboxylic acids is 1. The number of aryl methyl sites for hydroxylation is 2. The maximum absolute atomic E-state index is 12.7. The van der Waals surface area contributed by atoms with Crippen LogP contribution in [0.3, 0.4) is 0 Å². The number of fused-ring (bicyclic) bond motifs is 4. The van der Waals surface area contributed by atoms with E-state index in [1.165, 1.54) is 28.6 Å². The van der Waals surface area contributed by atoms with Gasteiger partial charge in [0, 0.05) is 16.0 Å². The molecule has 1 aromatic carbocycles. The molecule has 0 radical (unpaired) electrons. The lowest BCUT2D eigenvalue weighted by atomic mass is 10.2. The molecule has 7 nitrogen and oxygen atoms in total. The minimum absolute atomic E-state index is 0.110. The molecule has 0 saturated carbocycles. The number of nitrogens with one attached hydrogen (secondary N) is 3. The highest BCUT2D eigenvalue weighted by atomic mass is 32.2. The molecule has 0 bridgehead atoms. The van der Waals surface area contributed by atoms with Crippen molar-refractivity contribution < 1.29 is 4.79 Å². The fourth-order valence-corrected chi connectivity index (χ4v) is 5.80. The normalized spacial score (nSPS) is 14.5. The largest absolute Gasteiger partial charge is 0.325 e. The first kappa shape index (κ1) is 17.4. The van der Waals surface area contributed by atoms with Crippen LogP contribution in [0.2, 0.25) is 0 Å². The fraction of sp³-hybridized carbons (Fsp3) is 0.263. The van der Waals surface area contributed by atoms with Crippen LogP contribution in [0.1, 0.15) is 23.8 Å². The van der Waals surface area contributed by atoms with E-state index < -0.39 is 0 Å². The number of hydrogen-bond acceptors (Lipinski definition) is 6. The van der Waals surface area contributed by atoms with Crippen molar-refractivity contribution in [3.63, 3.8) is 0 Å². The quantitative estimate of drug-likeness (QED) is 0.352. The molecule has 3 N–H and O–H groups in total. The third-order valence-electron chi connectivity index (χ3n) is 4.91. The molecule has 28 heavy (non-hydrogen) atoms. The monoisotopic (exact) mass is 411 g/mol. The van der Waals surface area contributed by atoms with Gasteiger partial charge in [-0.05, 0) is 49.9 Å². The third kappa shape index (κ3) is 3.00. The van der Waals surface area contributed by atoms with E-state index in [-0.39, 0.29) is 16.8 Å². The Morgan fingerprint density at radius 3 is 3.00 bits per heavy atom. The number of hydrogen-bond donors (Lipinski definition) is 3. The molecule has 1 aliphatic rings. The van der Waals surface area contributed by atoms with Crippen molar-refractivity contribution in [3.8, 4) is 0 Å². The number of anilines is 1. The molecule has 0 saturated heterocycles. The molecular formula is C19H17N5O2S2. The molecule has 5 rings (SSSR count). The average Bonchev–Trinajstić information content (AvgIpc) is 3.34. The van der Waals surface area contributed by atoms with E-state index in [9.17, 15) is 9.59 Å². The van der Waals surface area contributed by atoms with Crippen molar-refractivity contribution in [1.82, 2.24) is 19.9 Å². The lowest BCUT2D eigenvalue weighted by molar-refractivity contribution is -0.115. The highest BCUT2D eigenvalue weighted by molar-refractivity contribution is 8.00. The summed E-state index contributed by atoms with van der Waals surface area (Å²) in [5, 5.41) is 4.59. The summed E-state index contributed by atoms with van der Waals surface area (Å²) in [6.07, 6.45) is 4.93. The summed E-state index contributed by atoms with van der Waals surface area (Å²) in [5.41, 5.74) is 3.11. The number of benzene rings is 1. The van der Waals surface area contributed by atoms with Crippen molar-refractivity contribution >= 4 is 55.9 Å².